The molecule has 1 fully saturated rings. The second kappa shape index (κ2) is 15.8. The molecular weight excluding hydrogens is 270 g/mol. The third kappa shape index (κ3) is 14.8. The summed E-state index contributed by atoms with van der Waals surface area (Å²) in [5.41, 5.74) is 0. The Balaban J connectivity index is 1.59. The highest BCUT2D eigenvalue weighted by Gasteiger charge is 2.20. The van der Waals surface area contributed by atoms with Crippen LogP contribution in [0.2, 0.25) is 0 Å². The molecule has 0 aliphatic carbocycles. The topological polar surface area (TPSA) is 24.6 Å². The van der Waals surface area contributed by atoms with Crippen molar-refractivity contribution in [1.29, 1.82) is 0 Å². The average molecular weight is 312 g/mol. The number of hydrogen-bond acceptors (Lipinski definition) is 2. The van der Waals surface area contributed by atoms with E-state index in [0.717, 1.165) is 13.2 Å². The van der Waals surface area contributed by atoms with Crippen molar-refractivity contribution in [3.8, 4) is 0 Å². The number of ether oxygens (including phenoxy) is 1. The van der Waals surface area contributed by atoms with Gasteiger partial charge in [0, 0.05) is 0 Å². The van der Waals surface area contributed by atoms with Crippen molar-refractivity contribution in [3.05, 3.63) is 0 Å². The molecule has 2 nitrogen and oxygen atoms in total. The second-order valence-corrected chi connectivity index (χ2v) is 7.08. The normalized spacial score (nSPS) is 17.0. The first kappa shape index (κ1) is 20.0. The Kier molecular flexibility index (Phi) is 14.3. The molecule has 1 unspecified atom stereocenters. The smallest absolute Gasteiger partial charge is 0.132 e. The largest absolute Gasteiger partial charge is 0.357 e. The minimum absolute atomic E-state index is 0.399. The van der Waals surface area contributed by atoms with Crippen LogP contribution in [-0.4, -0.2) is 19.4 Å². The van der Waals surface area contributed by atoms with E-state index in [1.807, 2.05) is 0 Å². The van der Waals surface area contributed by atoms with Crippen molar-refractivity contribution < 1.29 is 4.74 Å². The van der Waals surface area contributed by atoms with Crippen LogP contribution in [0.4, 0.5) is 0 Å². The lowest BCUT2D eigenvalue weighted by Gasteiger charge is -2.04. The van der Waals surface area contributed by atoms with Gasteiger partial charge in [0.2, 0.25) is 0 Å². The van der Waals surface area contributed by atoms with E-state index in [4.69, 9.17) is 4.74 Å². The van der Waals surface area contributed by atoms with Crippen molar-refractivity contribution in [2.45, 2.75) is 116 Å². The molecule has 0 spiro atoms. The fraction of sp³-hybridized carbons (Fsp3) is 1.00. The Morgan fingerprint density at radius 2 is 1.00 bits per heavy atom. The van der Waals surface area contributed by atoms with Crippen LogP contribution in [0.3, 0.4) is 0 Å². The van der Waals surface area contributed by atoms with Crippen LogP contribution >= 0.6 is 0 Å². The molecule has 1 N–H and O–H groups in total. The molecule has 0 radical (unpaired) electrons. The minimum atomic E-state index is 0.399. The van der Waals surface area contributed by atoms with E-state index in [0.29, 0.717) is 6.23 Å². The summed E-state index contributed by atoms with van der Waals surface area (Å²) < 4.78 is 5.13. The third-order valence-corrected chi connectivity index (χ3v) is 4.74. The van der Waals surface area contributed by atoms with Crippen LogP contribution in [0.25, 0.3) is 0 Å². The maximum atomic E-state index is 5.13. The monoisotopic (exact) mass is 311 g/mol. The third-order valence-electron chi connectivity index (χ3n) is 4.74. The summed E-state index contributed by atoms with van der Waals surface area (Å²) in [5, 5.41) is 3.38. The maximum absolute atomic E-state index is 5.13. The summed E-state index contributed by atoms with van der Waals surface area (Å²) in [4.78, 5) is 0. The summed E-state index contributed by atoms with van der Waals surface area (Å²) >= 11 is 0. The highest BCUT2D eigenvalue weighted by molar-refractivity contribution is 4.65. The van der Waals surface area contributed by atoms with Crippen LogP contribution in [-0.2, 0) is 4.74 Å². The van der Waals surface area contributed by atoms with Crippen molar-refractivity contribution in [1.82, 2.24) is 5.32 Å². The molecule has 0 saturated carbocycles. The molecule has 1 aliphatic heterocycles. The van der Waals surface area contributed by atoms with E-state index in [1.54, 1.807) is 0 Å². The second-order valence-electron chi connectivity index (χ2n) is 7.08. The maximum Gasteiger partial charge on any atom is 0.132 e. The predicted molar refractivity (Wildman–Crippen MR) is 97.3 cm³/mol. The standard InChI is InChI=1S/C20H41NO/c1-2-3-4-5-6-7-8-9-10-11-12-13-14-15-16-17-18-21-20-19-22-20/h20-21H,2-19H2,1H3. The molecule has 22 heavy (non-hydrogen) atoms. The van der Waals surface area contributed by atoms with Gasteiger partial charge >= 0.3 is 0 Å². The van der Waals surface area contributed by atoms with Gasteiger partial charge in [-0.05, 0) is 13.0 Å². The van der Waals surface area contributed by atoms with Gasteiger partial charge in [-0.3, -0.25) is 5.32 Å². The summed E-state index contributed by atoms with van der Waals surface area (Å²) in [6, 6.07) is 0. The molecule has 0 bridgehead atoms. The van der Waals surface area contributed by atoms with Gasteiger partial charge in [0.1, 0.15) is 6.23 Å². The van der Waals surface area contributed by atoms with Gasteiger partial charge in [-0.1, -0.05) is 103 Å². The van der Waals surface area contributed by atoms with Crippen LogP contribution in [0.5, 0.6) is 0 Å². The van der Waals surface area contributed by atoms with E-state index < -0.39 is 0 Å². The van der Waals surface area contributed by atoms with Gasteiger partial charge in [0.25, 0.3) is 0 Å². The molecule has 0 aromatic rings. The molecule has 2 heteroatoms. The SMILES string of the molecule is CCCCCCCCCCCCCCCCCCNC1CO1. The van der Waals surface area contributed by atoms with Gasteiger partial charge in [0.05, 0.1) is 6.61 Å². The van der Waals surface area contributed by atoms with E-state index >= 15 is 0 Å². The lowest BCUT2D eigenvalue weighted by Crippen LogP contribution is -2.18. The first-order valence-electron chi connectivity index (χ1n) is 10.3. The Bertz CT molecular complexity index is 216. The van der Waals surface area contributed by atoms with Crippen molar-refractivity contribution >= 4 is 0 Å². The summed E-state index contributed by atoms with van der Waals surface area (Å²) in [6.07, 6.45) is 23.5. The first-order valence-corrected chi connectivity index (χ1v) is 10.3. The van der Waals surface area contributed by atoms with Gasteiger partial charge in [-0.15, -0.1) is 0 Å². The molecule has 1 saturated heterocycles. The number of nitrogens with one attached hydrogen (secondary N) is 1. The summed E-state index contributed by atoms with van der Waals surface area (Å²) in [5.74, 6) is 0. The predicted octanol–water partition coefficient (Wildman–Crippen LogP) is 6.19. The Labute approximate surface area is 139 Å². The van der Waals surface area contributed by atoms with Gasteiger partial charge in [-0.25, -0.2) is 0 Å². The Hall–Kier alpha value is -0.0800. The average Bonchev–Trinajstić information content (AvgIpc) is 3.34. The van der Waals surface area contributed by atoms with Crippen molar-refractivity contribution in [2.24, 2.45) is 0 Å². The van der Waals surface area contributed by atoms with E-state index in [2.05, 4.69) is 12.2 Å². The van der Waals surface area contributed by atoms with Crippen LogP contribution in [0.15, 0.2) is 0 Å². The fourth-order valence-electron chi connectivity index (χ4n) is 3.10. The molecule has 1 atom stereocenters. The van der Waals surface area contributed by atoms with Gasteiger partial charge < -0.3 is 4.74 Å². The molecular formula is C20H41NO. The molecule has 0 aromatic heterocycles. The quantitative estimate of drug-likeness (QED) is 0.241. The molecule has 1 aliphatic rings. The molecule has 132 valence electrons. The molecule has 1 rings (SSSR count). The molecule has 0 amide bonds. The Morgan fingerprint density at radius 3 is 1.36 bits per heavy atom. The Morgan fingerprint density at radius 1 is 0.636 bits per heavy atom. The summed E-state index contributed by atoms with van der Waals surface area (Å²) in [6.45, 7) is 4.36. The van der Waals surface area contributed by atoms with Crippen LogP contribution in [0.1, 0.15) is 110 Å². The summed E-state index contributed by atoms with van der Waals surface area (Å²) in [7, 11) is 0. The number of rotatable bonds is 18. The van der Waals surface area contributed by atoms with Gasteiger partial charge in [0.15, 0.2) is 0 Å². The zero-order valence-corrected chi connectivity index (χ0v) is 15.2. The van der Waals surface area contributed by atoms with E-state index in [9.17, 15) is 0 Å². The van der Waals surface area contributed by atoms with E-state index in [-0.39, 0.29) is 0 Å². The number of epoxide rings is 1. The molecule has 0 aromatic carbocycles. The highest BCUT2D eigenvalue weighted by atomic mass is 16.6. The van der Waals surface area contributed by atoms with Crippen molar-refractivity contribution in [2.75, 3.05) is 13.2 Å². The lowest BCUT2D eigenvalue weighted by atomic mass is 10.0. The number of unbranched alkanes of at least 4 members (excludes halogenated alkanes) is 15. The minimum Gasteiger partial charge on any atom is -0.357 e. The van der Waals surface area contributed by atoms with E-state index in [1.165, 1.54) is 103 Å². The molecule has 1 heterocycles. The fourth-order valence-corrected chi connectivity index (χ4v) is 3.10. The lowest BCUT2D eigenvalue weighted by molar-refractivity contribution is 0.366. The first-order chi connectivity index (χ1) is 10.9. The zero-order chi connectivity index (χ0) is 15.7. The zero-order valence-electron chi connectivity index (χ0n) is 15.2. The number of hydrogen-bond donors (Lipinski definition) is 1. The van der Waals surface area contributed by atoms with Crippen molar-refractivity contribution in [3.63, 3.8) is 0 Å². The van der Waals surface area contributed by atoms with Crippen LogP contribution < -0.4 is 5.32 Å². The van der Waals surface area contributed by atoms with Gasteiger partial charge in [-0.2, -0.15) is 0 Å². The van der Waals surface area contributed by atoms with Crippen LogP contribution in [0, 0.1) is 0 Å². The highest BCUT2D eigenvalue weighted by Crippen LogP contribution is 2.13.